The van der Waals surface area contributed by atoms with E-state index in [0.29, 0.717) is 6.42 Å². The Balaban J connectivity index is 2.35. The van der Waals surface area contributed by atoms with Gasteiger partial charge in [0.1, 0.15) is 0 Å². The zero-order chi connectivity index (χ0) is 11.7. The minimum Gasteiger partial charge on any atom is -0.481 e. The molecule has 0 fully saturated rings. The lowest BCUT2D eigenvalue weighted by Gasteiger charge is -2.14. The van der Waals surface area contributed by atoms with Crippen molar-refractivity contribution in [3.8, 4) is 0 Å². The SMILES string of the molecule is O=C(O)CC1c2ccccc2CC1C(=O)O. The molecule has 84 valence electrons. The van der Waals surface area contributed by atoms with Crippen molar-refractivity contribution in [1.29, 1.82) is 0 Å². The van der Waals surface area contributed by atoms with E-state index in [2.05, 4.69) is 0 Å². The van der Waals surface area contributed by atoms with Gasteiger partial charge >= 0.3 is 11.9 Å². The van der Waals surface area contributed by atoms with Gasteiger partial charge in [0.25, 0.3) is 0 Å². The van der Waals surface area contributed by atoms with Gasteiger partial charge in [-0.25, -0.2) is 0 Å². The van der Waals surface area contributed by atoms with Gasteiger partial charge in [0.15, 0.2) is 0 Å². The normalized spacial score (nSPS) is 22.8. The fourth-order valence-corrected chi connectivity index (χ4v) is 2.38. The van der Waals surface area contributed by atoms with Gasteiger partial charge in [-0.2, -0.15) is 0 Å². The third-order valence-electron chi connectivity index (χ3n) is 3.09. The highest BCUT2D eigenvalue weighted by Gasteiger charge is 2.38. The Morgan fingerprint density at radius 1 is 1.25 bits per heavy atom. The maximum absolute atomic E-state index is 11.1. The third kappa shape index (κ3) is 1.78. The molecular formula is C12H12O4. The highest BCUT2D eigenvalue weighted by molar-refractivity contribution is 5.76. The smallest absolute Gasteiger partial charge is 0.307 e. The summed E-state index contributed by atoms with van der Waals surface area (Å²) < 4.78 is 0. The molecule has 0 aromatic heterocycles. The zero-order valence-electron chi connectivity index (χ0n) is 8.59. The highest BCUT2D eigenvalue weighted by atomic mass is 16.4. The number of rotatable bonds is 3. The number of carboxylic acids is 2. The van der Waals surface area contributed by atoms with Gasteiger partial charge in [0, 0.05) is 5.92 Å². The first-order valence-electron chi connectivity index (χ1n) is 5.12. The van der Waals surface area contributed by atoms with E-state index in [1.165, 1.54) is 0 Å². The van der Waals surface area contributed by atoms with Crippen LogP contribution in [0.2, 0.25) is 0 Å². The second-order valence-corrected chi connectivity index (χ2v) is 4.05. The average Bonchev–Trinajstić information content (AvgIpc) is 2.57. The van der Waals surface area contributed by atoms with E-state index in [1.54, 1.807) is 0 Å². The Kier molecular flexibility index (Phi) is 2.64. The lowest BCUT2D eigenvalue weighted by Crippen LogP contribution is -2.20. The number of carboxylic acid groups (broad SMARTS) is 2. The lowest BCUT2D eigenvalue weighted by atomic mass is 9.90. The van der Waals surface area contributed by atoms with Gasteiger partial charge in [0.05, 0.1) is 12.3 Å². The molecule has 2 unspecified atom stereocenters. The van der Waals surface area contributed by atoms with Crippen molar-refractivity contribution in [2.45, 2.75) is 18.8 Å². The monoisotopic (exact) mass is 220 g/mol. The van der Waals surface area contributed by atoms with Gasteiger partial charge in [-0.3, -0.25) is 9.59 Å². The van der Waals surface area contributed by atoms with Crippen LogP contribution in [0.1, 0.15) is 23.5 Å². The molecule has 1 aromatic rings. The Bertz CT molecular complexity index is 438. The van der Waals surface area contributed by atoms with Crippen LogP contribution in [0.4, 0.5) is 0 Å². The molecule has 0 saturated carbocycles. The number of benzene rings is 1. The average molecular weight is 220 g/mol. The van der Waals surface area contributed by atoms with Crippen LogP contribution >= 0.6 is 0 Å². The van der Waals surface area contributed by atoms with E-state index < -0.39 is 23.8 Å². The standard InChI is InChI=1S/C12H12O4/c13-11(14)6-9-8-4-2-1-3-7(8)5-10(9)12(15)16/h1-4,9-10H,5-6H2,(H,13,14)(H,15,16). The molecule has 2 N–H and O–H groups in total. The summed E-state index contributed by atoms with van der Waals surface area (Å²) in [6, 6.07) is 7.36. The molecule has 4 heteroatoms. The van der Waals surface area contributed by atoms with Crippen molar-refractivity contribution in [3.63, 3.8) is 0 Å². The fourth-order valence-electron chi connectivity index (χ4n) is 2.38. The van der Waals surface area contributed by atoms with Crippen molar-refractivity contribution in [3.05, 3.63) is 35.4 Å². The first kappa shape index (κ1) is 10.7. The molecular weight excluding hydrogens is 208 g/mol. The van der Waals surface area contributed by atoms with Gasteiger partial charge in [-0.05, 0) is 17.5 Å². The molecule has 0 aliphatic heterocycles. The molecule has 1 aliphatic rings. The predicted molar refractivity (Wildman–Crippen MR) is 56.3 cm³/mol. The van der Waals surface area contributed by atoms with Crippen molar-refractivity contribution >= 4 is 11.9 Å². The number of hydrogen-bond donors (Lipinski definition) is 2. The summed E-state index contributed by atoms with van der Waals surface area (Å²) in [5.74, 6) is -2.87. The minimum atomic E-state index is -0.951. The Labute approximate surface area is 92.5 Å². The van der Waals surface area contributed by atoms with Crippen molar-refractivity contribution in [1.82, 2.24) is 0 Å². The largest absolute Gasteiger partial charge is 0.481 e. The van der Waals surface area contributed by atoms with E-state index >= 15 is 0 Å². The van der Waals surface area contributed by atoms with Crippen LogP contribution in [-0.4, -0.2) is 22.2 Å². The van der Waals surface area contributed by atoms with Crippen LogP contribution in [0.15, 0.2) is 24.3 Å². The number of aliphatic carboxylic acids is 2. The molecule has 0 saturated heterocycles. The molecule has 2 rings (SSSR count). The van der Waals surface area contributed by atoms with Crippen LogP contribution in [0.3, 0.4) is 0 Å². The molecule has 0 amide bonds. The molecule has 2 atom stereocenters. The topological polar surface area (TPSA) is 74.6 Å². The lowest BCUT2D eigenvalue weighted by molar-refractivity contribution is -0.143. The molecule has 0 heterocycles. The van der Waals surface area contributed by atoms with E-state index in [0.717, 1.165) is 11.1 Å². The van der Waals surface area contributed by atoms with Crippen LogP contribution in [-0.2, 0) is 16.0 Å². The fraction of sp³-hybridized carbons (Fsp3) is 0.333. The maximum Gasteiger partial charge on any atom is 0.307 e. The molecule has 4 nitrogen and oxygen atoms in total. The number of carbonyl (C=O) groups is 2. The quantitative estimate of drug-likeness (QED) is 0.809. The van der Waals surface area contributed by atoms with Crippen molar-refractivity contribution in [2.24, 2.45) is 5.92 Å². The highest BCUT2D eigenvalue weighted by Crippen LogP contribution is 2.40. The number of fused-ring (bicyclic) bond motifs is 1. The van der Waals surface area contributed by atoms with Crippen LogP contribution in [0.25, 0.3) is 0 Å². The van der Waals surface area contributed by atoms with E-state index in [1.807, 2.05) is 24.3 Å². The molecule has 16 heavy (non-hydrogen) atoms. The Morgan fingerprint density at radius 3 is 2.56 bits per heavy atom. The van der Waals surface area contributed by atoms with Crippen molar-refractivity contribution in [2.75, 3.05) is 0 Å². The Morgan fingerprint density at radius 2 is 1.94 bits per heavy atom. The van der Waals surface area contributed by atoms with Gasteiger partial charge in [-0.1, -0.05) is 24.3 Å². The van der Waals surface area contributed by atoms with Crippen LogP contribution in [0.5, 0.6) is 0 Å². The molecule has 1 aliphatic carbocycles. The van der Waals surface area contributed by atoms with Gasteiger partial charge in [-0.15, -0.1) is 0 Å². The first-order chi connectivity index (χ1) is 7.59. The summed E-state index contributed by atoms with van der Waals surface area (Å²) >= 11 is 0. The summed E-state index contributed by atoms with van der Waals surface area (Å²) in [6.45, 7) is 0. The predicted octanol–water partition coefficient (Wildman–Crippen LogP) is 1.50. The first-order valence-corrected chi connectivity index (χ1v) is 5.12. The molecule has 0 spiro atoms. The van der Waals surface area contributed by atoms with Gasteiger partial charge < -0.3 is 10.2 Å². The number of hydrogen-bond acceptors (Lipinski definition) is 2. The summed E-state index contributed by atoms with van der Waals surface area (Å²) in [4.78, 5) is 21.8. The van der Waals surface area contributed by atoms with Gasteiger partial charge in [0.2, 0.25) is 0 Å². The zero-order valence-corrected chi connectivity index (χ0v) is 8.59. The van der Waals surface area contributed by atoms with Crippen LogP contribution in [0, 0.1) is 5.92 Å². The van der Waals surface area contributed by atoms with E-state index in [4.69, 9.17) is 10.2 Å². The molecule has 1 aromatic carbocycles. The second kappa shape index (κ2) is 3.96. The van der Waals surface area contributed by atoms with E-state index in [9.17, 15) is 9.59 Å². The van der Waals surface area contributed by atoms with Crippen LogP contribution < -0.4 is 0 Å². The summed E-state index contributed by atoms with van der Waals surface area (Å²) in [7, 11) is 0. The maximum atomic E-state index is 11.1. The summed E-state index contributed by atoms with van der Waals surface area (Å²) in [5.41, 5.74) is 1.83. The van der Waals surface area contributed by atoms with E-state index in [-0.39, 0.29) is 6.42 Å². The summed E-state index contributed by atoms with van der Waals surface area (Å²) in [5, 5.41) is 17.9. The molecule has 0 bridgehead atoms. The minimum absolute atomic E-state index is 0.117. The Hall–Kier alpha value is -1.84. The van der Waals surface area contributed by atoms with Crippen molar-refractivity contribution < 1.29 is 19.8 Å². The third-order valence-corrected chi connectivity index (χ3v) is 3.09. The molecule has 0 radical (unpaired) electrons. The second-order valence-electron chi connectivity index (χ2n) is 4.05. The summed E-state index contributed by atoms with van der Waals surface area (Å²) in [6.07, 6.45) is 0.317.